The Balaban J connectivity index is 1.74. The molecule has 0 amide bonds. The highest BCUT2D eigenvalue weighted by atomic mass is 19.1. The van der Waals surface area contributed by atoms with Crippen LogP contribution in [-0.2, 0) is 6.61 Å². The van der Waals surface area contributed by atoms with Gasteiger partial charge in [-0.2, -0.15) is 10.5 Å². The molecule has 1 aliphatic heterocycles. The van der Waals surface area contributed by atoms with Crippen LogP contribution in [0.2, 0.25) is 0 Å². The molecular formula is C17H16FN5O. The molecule has 0 aliphatic carbocycles. The molecule has 0 radical (unpaired) electrons. The molecule has 122 valence electrons. The fourth-order valence-corrected chi connectivity index (χ4v) is 2.70. The SMILES string of the molecule is N#Cc1ccc(COc2nn(C3CCNCC3)cc2C#N)c(F)c1. The highest BCUT2D eigenvalue weighted by Gasteiger charge is 2.19. The van der Waals surface area contributed by atoms with E-state index in [9.17, 15) is 9.65 Å². The molecule has 1 aromatic carbocycles. The summed E-state index contributed by atoms with van der Waals surface area (Å²) in [5, 5.41) is 25.6. The number of aromatic nitrogens is 2. The zero-order chi connectivity index (χ0) is 16.9. The summed E-state index contributed by atoms with van der Waals surface area (Å²) in [5.41, 5.74) is 0.904. The first-order valence-electron chi connectivity index (χ1n) is 7.72. The number of piperidine rings is 1. The third-order valence-electron chi connectivity index (χ3n) is 4.05. The van der Waals surface area contributed by atoms with Crippen LogP contribution in [0.15, 0.2) is 24.4 Å². The zero-order valence-electron chi connectivity index (χ0n) is 13.0. The average molecular weight is 325 g/mol. The van der Waals surface area contributed by atoms with E-state index in [2.05, 4.69) is 16.5 Å². The Labute approximate surface area is 139 Å². The molecule has 1 aromatic heterocycles. The predicted octanol–water partition coefficient (Wildman–Crippen LogP) is 2.27. The van der Waals surface area contributed by atoms with Crippen molar-refractivity contribution in [3.8, 4) is 18.0 Å². The Kier molecular flexibility index (Phi) is 4.74. The number of nitrogens with one attached hydrogen (secondary N) is 1. The first-order chi connectivity index (χ1) is 11.7. The highest BCUT2D eigenvalue weighted by molar-refractivity contribution is 5.37. The number of benzene rings is 1. The summed E-state index contributed by atoms with van der Waals surface area (Å²) in [7, 11) is 0. The number of rotatable bonds is 4. The van der Waals surface area contributed by atoms with Crippen molar-refractivity contribution >= 4 is 0 Å². The van der Waals surface area contributed by atoms with Gasteiger partial charge in [-0.25, -0.2) is 4.39 Å². The van der Waals surface area contributed by atoms with Crippen LogP contribution in [0.5, 0.6) is 5.88 Å². The molecule has 0 bridgehead atoms. The Morgan fingerprint density at radius 1 is 1.29 bits per heavy atom. The van der Waals surface area contributed by atoms with Crippen LogP contribution in [0.25, 0.3) is 0 Å². The lowest BCUT2D eigenvalue weighted by molar-refractivity contribution is 0.274. The van der Waals surface area contributed by atoms with Crippen molar-refractivity contribution < 1.29 is 9.13 Å². The third-order valence-corrected chi connectivity index (χ3v) is 4.05. The van der Waals surface area contributed by atoms with Crippen molar-refractivity contribution in [1.82, 2.24) is 15.1 Å². The van der Waals surface area contributed by atoms with Crippen LogP contribution in [0.4, 0.5) is 4.39 Å². The number of halogens is 1. The van der Waals surface area contributed by atoms with Crippen molar-refractivity contribution in [2.75, 3.05) is 13.1 Å². The molecule has 0 atom stereocenters. The van der Waals surface area contributed by atoms with E-state index in [0.717, 1.165) is 32.0 Å². The van der Waals surface area contributed by atoms with Crippen molar-refractivity contribution in [2.45, 2.75) is 25.5 Å². The lowest BCUT2D eigenvalue weighted by atomic mass is 10.1. The Morgan fingerprint density at radius 2 is 2.08 bits per heavy atom. The van der Waals surface area contributed by atoms with E-state index in [0.29, 0.717) is 11.1 Å². The van der Waals surface area contributed by atoms with Crippen molar-refractivity contribution in [2.24, 2.45) is 0 Å². The molecule has 1 aliphatic rings. The Morgan fingerprint density at radius 3 is 2.75 bits per heavy atom. The quantitative estimate of drug-likeness (QED) is 0.932. The highest BCUT2D eigenvalue weighted by Crippen LogP contribution is 2.24. The van der Waals surface area contributed by atoms with Gasteiger partial charge in [0.2, 0.25) is 0 Å². The van der Waals surface area contributed by atoms with Crippen LogP contribution in [0.3, 0.4) is 0 Å². The molecule has 1 saturated heterocycles. The molecule has 6 nitrogen and oxygen atoms in total. The molecule has 7 heteroatoms. The van der Waals surface area contributed by atoms with Crippen molar-refractivity contribution in [1.29, 1.82) is 10.5 Å². The van der Waals surface area contributed by atoms with Crippen molar-refractivity contribution in [3.63, 3.8) is 0 Å². The molecule has 2 aromatic rings. The van der Waals surface area contributed by atoms with E-state index in [1.807, 2.05) is 6.07 Å². The minimum absolute atomic E-state index is 0.0462. The first-order valence-corrected chi connectivity index (χ1v) is 7.72. The predicted molar refractivity (Wildman–Crippen MR) is 83.5 cm³/mol. The van der Waals surface area contributed by atoms with E-state index in [-0.39, 0.29) is 24.1 Å². The Bertz CT molecular complexity index is 811. The van der Waals surface area contributed by atoms with Gasteiger partial charge >= 0.3 is 0 Å². The molecular weight excluding hydrogens is 309 g/mol. The van der Waals surface area contributed by atoms with Crippen LogP contribution in [0, 0.1) is 28.5 Å². The standard InChI is InChI=1S/C17H16FN5O/c18-16-7-12(8-19)1-2-13(16)11-24-17-14(9-20)10-23(22-17)15-3-5-21-6-4-15/h1-2,7,10,15,21H,3-6,11H2. The van der Waals surface area contributed by atoms with E-state index in [1.165, 1.54) is 12.1 Å². The van der Waals surface area contributed by atoms with Crippen LogP contribution in [0.1, 0.15) is 35.6 Å². The summed E-state index contributed by atoms with van der Waals surface area (Å²) >= 11 is 0. The van der Waals surface area contributed by atoms with Crippen LogP contribution >= 0.6 is 0 Å². The summed E-state index contributed by atoms with van der Waals surface area (Å²) in [6, 6.07) is 8.38. The van der Waals surface area contributed by atoms with Crippen LogP contribution in [-0.4, -0.2) is 22.9 Å². The monoisotopic (exact) mass is 325 g/mol. The lowest BCUT2D eigenvalue weighted by Crippen LogP contribution is -2.29. The number of nitriles is 2. The third kappa shape index (κ3) is 3.37. The van der Waals surface area contributed by atoms with Gasteiger partial charge < -0.3 is 10.1 Å². The number of hydrogen-bond acceptors (Lipinski definition) is 5. The minimum Gasteiger partial charge on any atom is -0.471 e. The number of nitrogens with zero attached hydrogens (tertiary/aromatic N) is 4. The molecule has 1 fully saturated rings. The van der Waals surface area contributed by atoms with Gasteiger partial charge in [0.05, 0.1) is 17.7 Å². The van der Waals surface area contributed by atoms with Gasteiger partial charge in [-0.05, 0) is 38.1 Å². The average Bonchev–Trinajstić information content (AvgIpc) is 3.04. The van der Waals surface area contributed by atoms with Gasteiger partial charge in [-0.3, -0.25) is 4.68 Å². The maximum atomic E-state index is 13.9. The molecule has 24 heavy (non-hydrogen) atoms. The van der Waals surface area contributed by atoms with Gasteiger partial charge in [-0.1, -0.05) is 6.07 Å². The second-order valence-corrected chi connectivity index (χ2v) is 5.63. The second kappa shape index (κ2) is 7.12. The molecule has 0 unspecified atom stereocenters. The molecule has 0 spiro atoms. The van der Waals surface area contributed by atoms with Gasteiger partial charge in [-0.15, -0.1) is 5.10 Å². The summed E-state index contributed by atoms with van der Waals surface area (Å²) in [6.07, 6.45) is 3.56. The van der Waals surface area contributed by atoms with E-state index >= 15 is 0 Å². The minimum atomic E-state index is -0.509. The summed E-state index contributed by atoms with van der Waals surface area (Å²) in [6.45, 7) is 1.79. The fraction of sp³-hybridized carbons (Fsp3) is 0.353. The van der Waals surface area contributed by atoms with E-state index in [4.69, 9.17) is 10.00 Å². The van der Waals surface area contributed by atoms with E-state index < -0.39 is 5.82 Å². The van der Waals surface area contributed by atoms with Crippen LogP contribution < -0.4 is 10.1 Å². The number of ether oxygens (including phenoxy) is 1. The summed E-state index contributed by atoms with van der Waals surface area (Å²) in [5.74, 6) is -0.301. The first kappa shape index (κ1) is 16.0. The largest absolute Gasteiger partial charge is 0.471 e. The van der Waals surface area contributed by atoms with Gasteiger partial charge in [0, 0.05) is 11.8 Å². The normalized spacial score (nSPS) is 14.8. The summed E-state index contributed by atoms with van der Waals surface area (Å²) in [4.78, 5) is 0. The fourth-order valence-electron chi connectivity index (χ4n) is 2.70. The maximum Gasteiger partial charge on any atom is 0.251 e. The second-order valence-electron chi connectivity index (χ2n) is 5.63. The molecule has 0 saturated carbocycles. The maximum absolute atomic E-state index is 13.9. The molecule has 2 heterocycles. The van der Waals surface area contributed by atoms with Crippen molar-refractivity contribution in [3.05, 3.63) is 46.9 Å². The lowest BCUT2D eigenvalue weighted by Gasteiger charge is -2.22. The zero-order valence-corrected chi connectivity index (χ0v) is 13.0. The molecule has 3 rings (SSSR count). The smallest absolute Gasteiger partial charge is 0.251 e. The topological polar surface area (TPSA) is 86.7 Å². The van der Waals surface area contributed by atoms with Gasteiger partial charge in [0.25, 0.3) is 5.88 Å². The van der Waals surface area contributed by atoms with Gasteiger partial charge in [0.15, 0.2) is 0 Å². The number of hydrogen-bond donors (Lipinski definition) is 1. The Hall–Kier alpha value is -2.90. The summed E-state index contributed by atoms with van der Waals surface area (Å²) < 4.78 is 21.2. The van der Waals surface area contributed by atoms with E-state index in [1.54, 1.807) is 10.9 Å². The van der Waals surface area contributed by atoms with Gasteiger partial charge in [0.1, 0.15) is 24.1 Å². The molecule has 1 N–H and O–H groups in total.